The van der Waals surface area contributed by atoms with Crippen LogP contribution in [0.15, 0.2) is 135 Å². The minimum absolute atomic E-state index is 0.0986. The van der Waals surface area contributed by atoms with Gasteiger partial charge >= 0.3 is 0 Å². The Bertz CT molecular complexity index is 4900. The number of nitrogens with one attached hydrogen (secondary N) is 4. The molecule has 0 aliphatic heterocycles. The van der Waals surface area contributed by atoms with Crippen LogP contribution in [0.1, 0.15) is 11.1 Å². The maximum absolute atomic E-state index is 12.8. The van der Waals surface area contributed by atoms with E-state index in [1.165, 1.54) is 19.1 Å². The largest absolute Gasteiger partial charge is 0.505 e. The van der Waals surface area contributed by atoms with Crippen molar-refractivity contribution in [3.05, 3.63) is 107 Å². The van der Waals surface area contributed by atoms with E-state index in [0.717, 1.165) is 60.7 Å². The van der Waals surface area contributed by atoms with E-state index in [2.05, 4.69) is 71.6 Å². The van der Waals surface area contributed by atoms with Gasteiger partial charge in [-0.1, -0.05) is 6.07 Å². The van der Waals surface area contributed by atoms with Gasteiger partial charge in [-0.05, 0) is 132 Å². The molecule has 13 N–H and O–H groups in total. The second-order valence-corrected chi connectivity index (χ2v) is 26.0. The van der Waals surface area contributed by atoms with Crippen molar-refractivity contribution < 1.29 is 82.9 Å². The van der Waals surface area contributed by atoms with Crippen LogP contribution in [-0.2, 0) is 60.7 Å². The van der Waals surface area contributed by atoms with Crippen LogP contribution in [0.5, 0.6) is 5.75 Å². The monoisotopic (exact) mass is 1310 g/mol. The summed E-state index contributed by atoms with van der Waals surface area (Å²) >= 11 is 12.2. The van der Waals surface area contributed by atoms with Crippen LogP contribution in [0.2, 0.25) is 10.6 Å². The van der Waals surface area contributed by atoms with E-state index < -0.39 is 146 Å². The van der Waals surface area contributed by atoms with Crippen LogP contribution >= 0.6 is 23.2 Å². The van der Waals surface area contributed by atoms with Crippen molar-refractivity contribution in [2.75, 3.05) is 27.0 Å². The number of nitrogen functional groups attached to an aromatic ring is 1. The Labute approximate surface area is 482 Å². The molecule has 0 spiro atoms. The maximum atomic E-state index is 12.8. The Kier molecular flexibility index (Phi) is 16.6. The second kappa shape index (κ2) is 22.7. The molecule has 84 heavy (non-hydrogen) atoms. The number of nitrogens with zero attached hydrogens (tertiary/aromatic N) is 10. The number of rotatable bonds is 18. The second-order valence-electron chi connectivity index (χ2n) is 16.9. The number of azo groups is 2. The predicted molar refractivity (Wildman–Crippen MR) is 295 cm³/mol. The fraction of sp³-hybridized carbons (Fsp3) is 0.0476. The zero-order valence-corrected chi connectivity index (χ0v) is 47.8. The standard InChI is InChI=1S/C42H33Cl2N15O19S6/c1-17-3-6-23(80(64,65)66)16-27(17)49-42-53-38(44)51-40(55-42)47-21-5-9-26(29(15-21)82(70,71)72)57-59-35-31(84(76,77)78)13-19-12-30(83(73,74)75)34(33(45)32(19)36(35)60)58-56-25-8-4-20(14-28(25)81(67,68)69)46-39-50-37(43)52-41(54-39)48-24-10-7-22(11-18(24)2)79(61,62)63/h3-16,60H,45H2,1-2H3,(H,61,62,63)(H,64,65,66)(H,67,68,69)(H,70,71,72)(H,73,74,75)(H,76,77,78)(H2,46,48,50,52,54)(H2,47,49,51,53,55). The smallest absolute Gasteiger partial charge is 0.296 e. The minimum Gasteiger partial charge on any atom is -0.505 e. The van der Waals surface area contributed by atoms with Crippen molar-refractivity contribution in [3.8, 4) is 5.75 Å². The lowest BCUT2D eigenvalue weighted by atomic mass is 10.1. The highest BCUT2D eigenvalue weighted by Gasteiger charge is 2.29. The summed E-state index contributed by atoms with van der Waals surface area (Å²) in [6, 6.07) is 13.5. The zero-order chi connectivity index (χ0) is 61.8. The molecule has 0 fully saturated rings. The molecule has 440 valence electrons. The molecular weight excluding hydrogens is 1280 g/mol. The van der Waals surface area contributed by atoms with Gasteiger partial charge in [-0.25, -0.2) is 0 Å². The highest BCUT2D eigenvalue weighted by atomic mass is 35.5. The Morgan fingerprint density at radius 3 is 1.27 bits per heavy atom. The van der Waals surface area contributed by atoms with E-state index in [9.17, 15) is 82.9 Å². The number of halogens is 2. The van der Waals surface area contributed by atoms with Crippen molar-refractivity contribution in [2.24, 2.45) is 20.5 Å². The van der Waals surface area contributed by atoms with Gasteiger partial charge < -0.3 is 32.1 Å². The molecule has 0 radical (unpaired) electrons. The number of aromatic hydroxyl groups is 1. The van der Waals surface area contributed by atoms with Gasteiger partial charge in [0.05, 0.1) is 20.9 Å². The molecule has 0 aliphatic carbocycles. The average molecular weight is 1320 g/mol. The number of benzene rings is 6. The van der Waals surface area contributed by atoms with Crippen molar-refractivity contribution >= 4 is 170 Å². The first-order valence-corrected chi connectivity index (χ1v) is 31.4. The molecule has 34 nitrogen and oxygen atoms in total. The predicted octanol–water partition coefficient (Wildman–Crippen LogP) is 7.71. The summed E-state index contributed by atoms with van der Waals surface area (Å²) in [6.07, 6.45) is 0. The Morgan fingerprint density at radius 2 is 0.833 bits per heavy atom. The molecule has 0 saturated carbocycles. The SMILES string of the molecule is Cc1cc(S(=O)(=O)O)ccc1Nc1nc(Cl)nc(Nc2ccc(N=Nc3c(S(=O)(=O)O)cc4cc(S(=O)(=O)O)c(N=Nc5ccc(Nc6nc(Cl)nc(Nc7cc(S(=O)(=O)O)ccc7C)n6)cc5S(=O)(=O)O)c(O)c4c3N)c(S(=O)(=O)O)c2)n1. The van der Waals surface area contributed by atoms with Crippen molar-refractivity contribution in [1.82, 2.24) is 29.9 Å². The minimum atomic E-state index is -5.54. The molecule has 42 heteroatoms. The number of fused-ring (bicyclic) bond motifs is 1. The third kappa shape index (κ3) is 14.2. The topological polar surface area (TPSA) is 547 Å². The van der Waals surface area contributed by atoms with E-state index in [-0.39, 0.29) is 46.5 Å². The van der Waals surface area contributed by atoms with Gasteiger partial charge in [0.1, 0.15) is 42.3 Å². The average Bonchev–Trinajstić information content (AvgIpc) is 1.07. The normalized spacial score (nSPS) is 12.7. The number of phenols is 1. The molecule has 6 aromatic carbocycles. The molecule has 0 saturated heterocycles. The summed E-state index contributed by atoms with van der Waals surface area (Å²) in [5, 5.41) is 34.7. The first-order valence-electron chi connectivity index (χ1n) is 22.0. The van der Waals surface area contributed by atoms with E-state index in [0.29, 0.717) is 23.3 Å². The van der Waals surface area contributed by atoms with Gasteiger partial charge in [0.15, 0.2) is 5.75 Å². The van der Waals surface area contributed by atoms with Crippen LogP contribution < -0.4 is 27.0 Å². The first kappa shape index (κ1) is 61.7. The molecule has 0 unspecified atom stereocenters. The molecule has 8 aromatic rings. The lowest BCUT2D eigenvalue weighted by Crippen LogP contribution is -2.06. The van der Waals surface area contributed by atoms with Crippen LogP contribution in [0.3, 0.4) is 0 Å². The zero-order valence-electron chi connectivity index (χ0n) is 41.4. The lowest BCUT2D eigenvalue weighted by Gasteiger charge is -2.14. The third-order valence-electron chi connectivity index (χ3n) is 11.1. The fourth-order valence-corrected chi connectivity index (χ4v) is 11.3. The number of aryl methyl sites for hydroxylation is 2. The maximum Gasteiger partial charge on any atom is 0.296 e. The molecule has 2 aromatic heterocycles. The molecule has 0 bridgehead atoms. The van der Waals surface area contributed by atoms with Crippen LogP contribution in [-0.4, -0.2) is 113 Å². The molecule has 2 heterocycles. The van der Waals surface area contributed by atoms with Gasteiger partial charge in [0.25, 0.3) is 60.7 Å². The van der Waals surface area contributed by atoms with Crippen LogP contribution in [0.4, 0.5) is 75.0 Å². The Balaban J connectivity index is 1.14. The molecule has 0 atom stereocenters. The third-order valence-corrected chi connectivity index (χ3v) is 16.6. The number of nitrogens with two attached hydrogens (primary N) is 1. The van der Waals surface area contributed by atoms with Gasteiger partial charge in [0.2, 0.25) is 34.4 Å². The summed E-state index contributed by atoms with van der Waals surface area (Å²) in [7, 11) is -30.8. The van der Waals surface area contributed by atoms with Gasteiger partial charge in [-0.3, -0.25) is 27.3 Å². The van der Waals surface area contributed by atoms with E-state index in [1.54, 1.807) is 6.92 Å². The number of aromatic nitrogens is 6. The summed E-state index contributed by atoms with van der Waals surface area (Å²) in [5.41, 5.74) is 2.20. The van der Waals surface area contributed by atoms with Gasteiger partial charge in [0, 0.05) is 22.7 Å². The molecule has 8 rings (SSSR count). The quantitative estimate of drug-likeness (QED) is 0.0222. The number of phenolic OH excluding ortho intramolecular Hbond substituents is 1. The van der Waals surface area contributed by atoms with E-state index >= 15 is 0 Å². The van der Waals surface area contributed by atoms with Crippen LogP contribution in [0.25, 0.3) is 10.8 Å². The van der Waals surface area contributed by atoms with Gasteiger partial charge in [-0.2, -0.15) is 80.4 Å². The highest BCUT2D eigenvalue weighted by Crippen LogP contribution is 2.49. The van der Waals surface area contributed by atoms with Crippen molar-refractivity contribution in [2.45, 2.75) is 43.2 Å². The Morgan fingerprint density at radius 1 is 0.429 bits per heavy atom. The summed E-state index contributed by atoms with van der Waals surface area (Å²) < 4.78 is 209. The molecular formula is C42H33Cl2N15O19S6. The molecule has 0 aliphatic rings. The summed E-state index contributed by atoms with van der Waals surface area (Å²) in [4.78, 5) is 18.2. The Hall–Kier alpha value is -8.36. The number of hydrogen-bond donors (Lipinski definition) is 12. The highest BCUT2D eigenvalue weighted by molar-refractivity contribution is 7.87. The number of hydrogen-bond acceptors (Lipinski definition) is 28. The molecule has 0 amide bonds. The summed E-state index contributed by atoms with van der Waals surface area (Å²) in [5.74, 6) is -2.61. The van der Waals surface area contributed by atoms with Gasteiger partial charge in [-0.15, -0.1) is 20.5 Å². The number of anilines is 9. The fourth-order valence-electron chi connectivity index (χ4n) is 7.33. The van der Waals surface area contributed by atoms with E-state index in [1.807, 2.05) is 0 Å². The van der Waals surface area contributed by atoms with E-state index in [4.69, 9.17) is 28.9 Å². The first-order chi connectivity index (χ1) is 38.8. The van der Waals surface area contributed by atoms with Crippen molar-refractivity contribution in [3.63, 3.8) is 0 Å². The lowest BCUT2D eigenvalue weighted by molar-refractivity contribution is 0.472. The van der Waals surface area contributed by atoms with Crippen LogP contribution in [0, 0.1) is 13.8 Å². The van der Waals surface area contributed by atoms with Crippen molar-refractivity contribution in [1.29, 1.82) is 0 Å². The summed E-state index contributed by atoms with van der Waals surface area (Å²) in [6.45, 7) is 3.06.